The van der Waals surface area contributed by atoms with Crippen molar-refractivity contribution in [1.29, 1.82) is 0 Å². The van der Waals surface area contributed by atoms with E-state index in [9.17, 15) is 14.9 Å². The maximum atomic E-state index is 12.7. The van der Waals surface area contributed by atoms with Crippen molar-refractivity contribution in [2.24, 2.45) is 0 Å². The first kappa shape index (κ1) is 17.6. The van der Waals surface area contributed by atoms with Gasteiger partial charge in [0, 0.05) is 17.8 Å². The minimum absolute atomic E-state index is 0.0177. The van der Waals surface area contributed by atoms with Crippen molar-refractivity contribution in [3.8, 4) is 0 Å². The van der Waals surface area contributed by atoms with Crippen molar-refractivity contribution in [1.82, 2.24) is 10.3 Å². The third kappa shape index (κ3) is 3.87. The van der Waals surface area contributed by atoms with Crippen LogP contribution in [0.3, 0.4) is 0 Å². The van der Waals surface area contributed by atoms with Gasteiger partial charge in [-0.1, -0.05) is 48.0 Å². The molecule has 0 radical (unpaired) electrons. The van der Waals surface area contributed by atoms with E-state index in [0.29, 0.717) is 5.69 Å². The zero-order valence-corrected chi connectivity index (χ0v) is 14.3. The Balaban J connectivity index is 1.94. The average molecular weight is 368 g/mol. The van der Waals surface area contributed by atoms with E-state index < -0.39 is 16.9 Å². The highest BCUT2D eigenvalue weighted by Crippen LogP contribution is 2.26. The number of nitro groups is 1. The molecule has 1 heterocycles. The van der Waals surface area contributed by atoms with E-state index in [0.717, 1.165) is 11.6 Å². The van der Waals surface area contributed by atoms with Gasteiger partial charge in [0.15, 0.2) is 0 Å². The Kier molecular flexibility index (Phi) is 5.24. The van der Waals surface area contributed by atoms with Crippen molar-refractivity contribution >= 4 is 23.2 Å². The minimum Gasteiger partial charge on any atom is -0.340 e. The van der Waals surface area contributed by atoms with Crippen LogP contribution in [0.4, 0.5) is 5.69 Å². The van der Waals surface area contributed by atoms with E-state index >= 15 is 0 Å². The summed E-state index contributed by atoms with van der Waals surface area (Å²) in [5, 5.41) is 13.9. The van der Waals surface area contributed by atoms with E-state index in [1.165, 1.54) is 12.1 Å². The molecule has 130 valence electrons. The maximum absolute atomic E-state index is 12.7. The zero-order chi connectivity index (χ0) is 18.5. The Bertz CT molecular complexity index is 894. The van der Waals surface area contributed by atoms with E-state index in [1.54, 1.807) is 12.3 Å². The summed E-state index contributed by atoms with van der Waals surface area (Å²) >= 11 is 5.81. The highest BCUT2D eigenvalue weighted by atomic mass is 35.5. The van der Waals surface area contributed by atoms with Crippen molar-refractivity contribution < 1.29 is 9.72 Å². The fourth-order valence-electron chi connectivity index (χ4n) is 2.53. The lowest BCUT2D eigenvalue weighted by Crippen LogP contribution is -2.30. The monoisotopic (exact) mass is 367 g/mol. The fraction of sp³-hybridized carbons (Fsp3) is 0.0526. The van der Waals surface area contributed by atoms with Gasteiger partial charge in [0.1, 0.15) is 5.02 Å². The Morgan fingerprint density at radius 3 is 2.46 bits per heavy atom. The lowest BCUT2D eigenvalue weighted by molar-refractivity contribution is -0.384. The van der Waals surface area contributed by atoms with Crippen LogP contribution in [0.15, 0.2) is 72.9 Å². The summed E-state index contributed by atoms with van der Waals surface area (Å²) in [6.07, 6.45) is 1.64. The van der Waals surface area contributed by atoms with Gasteiger partial charge in [-0.15, -0.1) is 0 Å². The summed E-state index contributed by atoms with van der Waals surface area (Å²) in [7, 11) is 0. The van der Waals surface area contributed by atoms with Gasteiger partial charge < -0.3 is 5.32 Å². The van der Waals surface area contributed by atoms with E-state index in [4.69, 9.17) is 11.6 Å². The molecule has 0 aliphatic carbocycles. The van der Waals surface area contributed by atoms with E-state index in [2.05, 4.69) is 10.3 Å². The predicted octanol–water partition coefficient (Wildman–Crippen LogP) is 4.16. The molecule has 1 N–H and O–H groups in total. The second kappa shape index (κ2) is 7.76. The number of amides is 1. The summed E-state index contributed by atoms with van der Waals surface area (Å²) in [5.41, 5.74) is 1.35. The van der Waals surface area contributed by atoms with Gasteiger partial charge in [-0.05, 0) is 29.8 Å². The molecular weight excluding hydrogens is 354 g/mol. The largest absolute Gasteiger partial charge is 0.340 e. The second-order valence-corrected chi connectivity index (χ2v) is 5.90. The Hall–Kier alpha value is -3.25. The molecule has 1 aromatic heterocycles. The molecule has 3 rings (SSSR count). The first-order valence-electron chi connectivity index (χ1n) is 7.77. The molecule has 1 amide bonds. The molecule has 0 aliphatic rings. The average Bonchev–Trinajstić information content (AvgIpc) is 2.67. The quantitative estimate of drug-likeness (QED) is 0.542. The van der Waals surface area contributed by atoms with Crippen LogP contribution in [0.1, 0.15) is 27.7 Å². The van der Waals surface area contributed by atoms with Gasteiger partial charge in [-0.25, -0.2) is 0 Å². The SMILES string of the molecule is O=C(NC(c1ccccc1)c1ccccn1)c1ccc(Cl)c([N+](=O)[O-])c1. The van der Waals surface area contributed by atoms with Crippen LogP contribution >= 0.6 is 11.6 Å². The van der Waals surface area contributed by atoms with Crippen LogP contribution in [0, 0.1) is 10.1 Å². The molecule has 26 heavy (non-hydrogen) atoms. The number of halogens is 1. The first-order valence-corrected chi connectivity index (χ1v) is 8.15. The number of hydrogen-bond donors (Lipinski definition) is 1. The molecule has 3 aromatic rings. The van der Waals surface area contributed by atoms with Gasteiger partial charge in [-0.3, -0.25) is 19.9 Å². The highest BCUT2D eigenvalue weighted by molar-refractivity contribution is 6.32. The van der Waals surface area contributed by atoms with Gasteiger partial charge in [0.25, 0.3) is 11.6 Å². The normalized spacial score (nSPS) is 11.6. The van der Waals surface area contributed by atoms with Crippen molar-refractivity contribution in [3.05, 3.63) is 105 Å². The molecule has 6 nitrogen and oxygen atoms in total. The first-order chi connectivity index (χ1) is 12.6. The molecule has 2 aromatic carbocycles. The van der Waals surface area contributed by atoms with Gasteiger partial charge in [-0.2, -0.15) is 0 Å². The topological polar surface area (TPSA) is 85.1 Å². The van der Waals surface area contributed by atoms with Gasteiger partial charge in [0.05, 0.1) is 16.7 Å². The summed E-state index contributed by atoms with van der Waals surface area (Å²) in [4.78, 5) is 27.4. The molecule has 0 fully saturated rings. The third-order valence-electron chi connectivity index (χ3n) is 3.80. The van der Waals surface area contributed by atoms with Crippen LogP contribution in [-0.2, 0) is 0 Å². The van der Waals surface area contributed by atoms with Crippen LogP contribution in [-0.4, -0.2) is 15.8 Å². The van der Waals surface area contributed by atoms with Crippen LogP contribution < -0.4 is 5.32 Å². The van der Waals surface area contributed by atoms with Crippen molar-refractivity contribution in [2.75, 3.05) is 0 Å². The lowest BCUT2D eigenvalue weighted by atomic mass is 10.0. The molecule has 1 unspecified atom stereocenters. The lowest BCUT2D eigenvalue weighted by Gasteiger charge is -2.19. The number of nitro benzene ring substituents is 1. The third-order valence-corrected chi connectivity index (χ3v) is 4.12. The summed E-state index contributed by atoms with van der Waals surface area (Å²) < 4.78 is 0. The molecule has 7 heteroatoms. The number of carbonyl (C=O) groups excluding carboxylic acids is 1. The van der Waals surface area contributed by atoms with E-state index in [1.807, 2.05) is 42.5 Å². The number of aromatic nitrogens is 1. The molecule has 0 saturated carbocycles. The number of nitrogens with one attached hydrogen (secondary N) is 1. The predicted molar refractivity (Wildman–Crippen MR) is 98.1 cm³/mol. The summed E-state index contributed by atoms with van der Waals surface area (Å²) in [6, 6.07) is 18.3. The molecule has 0 bridgehead atoms. The fourth-order valence-corrected chi connectivity index (χ4v) is 2.72. The smallest absolute Gasteiger partial charge is 0.288 e. The van der Waals surface area contributed by atoms with Crippen LogP contribution in [0.25, 0.3) is 0 Å². The Labute approximate surface area is 154 Å². The van der Waals surface area contributed by atoms with Crippen molar-refractivity contribution in [2.45, 2.75) is 6.04 Å². The van der Waals surface area contributed by atoms with Crippen molar-refractivity contribution in [3.63, 3.8) is 0 Å². The molecule has 0 spiro atoms. The summed E-state index contributed by atoms with van der Waals surface area (Å²) in [6.45, 7) is 0. The Morgan fingerprint density at radius 1 is 1.08 bits per heavy atom. The molecule has 0 aliphatic heterocycles. The number of rotatable bonds is 5. The standard InChI is InChI=1S/C19H14ClN3O3/c20-15-10-9-14(12-17(15)23(25)26)19(24)22-18(13-6-2-1-3-7-13)16-8-4-5-11-21-16/h1-12,18H,(H,22,24). The highest BCUT2D eigenvalue weighted by Gasteiger charge is 2.21. The Morgan fingerprint density at radius 2 is 1.81 bits per heavy atom. The number of nitrogens with zero attached hydrogens (tertiary/aromatic N) is 2. The summed E-state index contributed by atoms with van der Waals surface area (Å²) in [5.74, 6) is -0.454. The molecule has 0 saturated heterocycles. The maximum Gasteiger partial charge on any atom is 0.288 e. The molecular formula is C19H14ClN3O3. The number of benzene rings is 2. The van der Waals surface area contributed by atoms with E-state index in [-0.39, 0.29) is 16.3 Å². The number of pyridine rings is 1. The number of carbonyl (C=O) groups is 1. The van der Waals surface area contributed by atoms with Crippen LogP contribution in [0.5, 0.6) is 0 Å². The van der Waals surface area contributed by atoms with Crippen LogP contribution in [0.2, 0.25) is 5.02 Å². The molecule has 1 atom stereocenters. The number of hydrogen-bond acceptors (Lipinski definition) is 4. The van der Waals surface area contributed by atoms with Gasteiger partial charge in [0.2, 0.25) is 0 Å². The van der Waals surface area contributed by atoms with Gasteiger partial charge >= 0.3 is 0 Å². The zero-order valence-electron chi connectivity index (χ0n) is 13.5. The second-order valence-electron chi connectivity index (χ2n) is 5.50. The minimum atomic E-state index is -0.619.